The zero-order valence-corrected chi connectivity index (χ0v) is 8.24. The van der Waals surface area contributed by atoms with Crippen LogP contribution >= 0.6 is 0 Å². The van der Waals surface area contributed by atoms with Crippen LogP contribution in [0.2, 0.25) is 0 Å². The van der Waals surface area contributed by atoms with Gasteiger partial charge in [0.1, 0.15) is 0 Å². The summed E-state index contributed by atoms with van der Waals surface area (Å²) in [7, 11) is 2.72. The summed E-state index contributed by atoms with van der Waals surface area (Å²) in [5.74, 6) is -1.25. The number of aromatic nitrogens is 1. The first-order valence-corrected chi connectivity index (χ1v) is 4.01. The zero-order valence-electron chi connectivity index (χ0n) is 8.24. The number of hydroxylamine groups is 2. The minimum Gasteiger partial charge on any atom is -0.274 e. The Morgan fingerprint density at radius 1 is 1.57 bits per heavy atom. The van der Waals surface area contributed by atoms with E-state index in [9.17, 15) is 9.18 Å². The fourth-order valence-corrected chi connectivity index (χ4v) is 0.922. The summed E-state index contributed by atoms with van der Waals surface area (Å²) in [5, 5.41) is 0.921. The van der Waals surface area contributed by atoms with Gasteiger partial charge in [0, 0.05) is 12.7 Å². The van der Waals surface area contributed by atoms with Crippen LogP contribution in [0, 0.1) is 12.7 Å². The number of carbonyl (C=O) groups is 1. The SMILES string of the molecule is CON(C)C(=O)c1nc(C)ccc1F. The molecule has 0 radical (unpaired) electrons. The Hall–Kier alpha value is -1.49. The lowest BCUT2D eigenvalue weighted by molar-refractivity contribution is -0.0763. The Bertz CT molecular complexity index is 355. The van der Waals surface area contributed by atoms with Crippen LogP contribution in [0.3, 0.4) is 0 Å². The minimum atomic E-state index is -0.649. The van der Waals surface area contributed by atoms with Crippen LogP contribution in [0.4, 0.5) is 4.39 Å². The number of rotatable bonds is 2. The van der Waals surface area contributed by atoms with E-state index in [0.717, 1.165) is 5.06 Å². The maximum Gasteiger partial charge on any atom is 0.298 e. The first-order valence-electron chi connectivity index (χ1n) is 4.01. The second-order valence-electron chi connectivity index (χ2n) is 2.77. The minimum absolute atomic E-state index is 0.227. The van der Waals surface area contributed by atoms with Gasteiger partial charge in [0.15, 0.2) is 11.5 Å². The molecule has 0 aliphatic heterocycles. The Morgan fingerprint density at radius 3 is 2.79 bits per heavy atom. The van der Waals surface area contributed by atoms with Crippen molar-refractivity contribution in [3.05, 3.63) is 29.3 Å². The lowest BCUT2D eigenvalue weighted by atomic mass is 10.3. The predicted octanol–water partition coefficient (Wildman–Crippen LogP) is 1.16. The number of nitrogens with zero attached hydrogens (tertiary/aromatic N) is 2. The number of carbonyl (C=O) groups excluding carboxylic acids is 1. The van der Waals surface area contributed by atoms with Crippen LogP contribution in [0.15, 0.2) is 12.1 Å². The highest BCUT2D eigenvalue weighted by molar-refractivity contribution is 5.91. The van der Waals surface area contributed by atoms with E-state index in [-0.39, 0.29) is 5.69 Å². The quantitative estimate of drug-likeness (QED) is 0.670. The number of aryl methyl sites for hydroxylation is 1. The Morgan fingerprint density at radius 2 is 2.21 bits per heavy atom. The van der Waals surface area contributed by atoms with Gasteiger partial charge in [0.25, 0.3) is 5.91 Å². The summed E-state index contributed by atoms with van der Waals surface area (Å²) in [5.41, 5.74) is 0.355. The maximum atomic E-state index is 13.2. The first kappa shape index (κ1) is 10.6. The summed E-state index contributed by atoms with van der Waals surface area (Å²) in [6.45, 7) is 1.68. The molecule has 1 rings (SSSR count). The second-order valence-corrected chi connectivity index (χ2v) is 2.77. The van der Waals surface area contributed by atoms with E-state index in [0.29, 0.717) is 5.69 Å². The number of amides is 1. The van der Waals surface area contributed by atoms with Crippen molar-refractivity contribution >= 4 is 5.91 Å². The lowest BCUT2D eigenvalue weighted by Crippen LogP contribution is -2.27. The third kappa shape index (κ3) is 2.05. The average molecular weight is 198 g/mol. The molecule has 0 fully saturated rings. The molecular formula is C9H11FN2O2. The van der Waals surface area contributed by atoms with Crippen molar-refractivity contribution in [2.24, 2.45) is 0 Å². The molecule has 5 heteroatoms. The van der Waals surface area contributed by atoms with E-state index in [1.54, 1.807) is 6.92 Å². The highest BCUT2D eigenvalue weighted by Crippen LogP contribution is 2.07. The molecule has 0 unspecified atom stereocenters. The summed E-state index contributed by atoms with van der Waals surface area (Å²) in [6, 6.07) is 2.71. The summed E-state index contributed by atoms with van der Waals surface area (Å²) >= 11 is 0. The van der Waals surface area contributed by atoms with Gasteiger partial charge in [0.2, 0.25) is 0 Å². The number of halogens is 1. The van der Waals surface area contributed by atoms with Gasteiger partial charge in [-0.25, -0.2) is 14.4 Å². The van der Waals surface area contributed by atoms with Crippen LogP contribution in [-0.4, -0.2) is 30.1 Å². The summed E-state index contributed by atoms with van der Waals surface area (Å²) in [6.07, 6.45) is 0. The molecule has 0 aliphatic rings. The van der Waals surface area contributed by atoms with Crippen molar-refractivity contribution in [2.75, 3.05) is 14.2 Å². The predicted molar refractivity (Wildman–Crippen MR) is 48.0 cm³/mol. The van der Waals surface area contributed by atoms with Crippen molar-refractivity contribution in [3.8, 4) is 0 Å². The Labute approximate surface area is 81.3 Å². The molecule has 0 bridgehead atoms. The molecule has 0 aromatic carbocycles. The van der Waals surface area contributed by atoms with Crippen molar-refractivity contribution in [2.45, 2.75) is 6.92 Å². The topological polar surface area (TPSA) is 42.4 Å². The molecule has 1 heterocycles. The van der Waals surface area contributed by atoms with Gasteiger partial charge in [-0.1, -0.05) is 0 Å². The number of hydrogen-bond donors (Lipinski definition) is 0. The molecule has 0 saturated carbocycles. The van der Waals surface area contributed by atoms with Gasteiger partial charge < -0.3 is 0 Å². The lowest BCUT2D eigenvalue weighted by Gasteiger charge is -2.13. The first-order chi connectivity index (χ1) is 6.56. The third-order valence-electron chi connectivity index (χ3n) is 1.75. The van der Waals surface area contributed by atoms with Gasteiger partial charge in [-0.15, -0.1) is 0 Å². The fourth-order valence-electron chi connectivity index (χ4n) is 0.922. The highest BCUT2D eigenvalue weighted by Gasteiger charge is 2.17. The van der Waals surface area contributed by atoms with Gasteiger partial charge >= 0.3 is 0 Å². The molecule has 0 aliphatic carbocycles. The highest BCUT2D eigenvalue weighted by atomic mass is 19.1. The molecule has 1 aromatic rings. The van der Waals surface area contributed by atoms with E-state index < -0.39 is 11.7 Å². The number of hydrogen-bond acceptors (Lipinski definition) is 3. The molecule has 0 N–H and O–H groups in total. The van der Waals surface area contributed by atoms with Crippen LogP contribution in [0.1, 0.15) is 16.2 Å². The van der Waals surface area contributed by atoms with Crippen molar-refractivity contribution in [1.82, 2.24) is 10.0 Å². The van der Waals surface area contributed by atoms with Crippen LogP contribution in [0.25, 0.3) is 0 Å². The van der Waals surface area contributed by atoms with Gasteiger partial charge in [0.05, 0.1) is 7.11 Å². The fraction of sp³-hybridized carbons (Fsp3) is 0.333. The van der Waals surface area contributed by atoms with Gasteiger partial charge in [-0.05, 0) is 19.1 Å². The van der Waals surface area contributed by atoms with E-state index >= 15 is 0 Å². The van der Waals surface area contributed by atoms with Crippen molar-refractivity contribution in [1.29, 1.82) is 0 Å². The summed E-state index contributed by atoms with van der Waals surface area (Å²) < 4.78 is 13.2. The molecular weight excluding hydrogens is 187 g/mol. The van der Waals surface area contributed by atoms with E-state index in [1.807, 2.05) is 0 Å². The maximum absolute atomic E-state index is 13.2. The molecule has 1 amide bonds. The Kier molecular flexibility index (Phi) is 3.14. The van der Waals surface area contributed by atoms with Gasteiger partial charge in [-0.2, -0.15) is 0 Å². The molecule has 0 spiro atoms. The third-order valence-corrected chi connectivity index (χ3v) is 1.75. The largest absolute Gasteiger partial charge is 0.298 e. The monoisotopic (exact) mass is 198 g/mol. The van der Waals surface area contributed by atoms with Crippen molar-refractivity contribution < 1.29 is 14.0 Å². The molecule has 0 atom stereocenters. The standard InChI is InChI=1S/C9H11FN2O2/c1-6-4-5-7(10)8(11-6)9(13)12(2)14-3/h4-5H,1-3H3. The van der Waals surface area contributed by atoms with E-state index in [1.165, 1.54) is 26.3 Å². The van der Waals surface area contributed by atoms with Crippen LogP contribution in [0.5, 0.6) is 0 Å². The molecule has 0 saturated heterocycles. The van der Waals surface area contributed by atoms with Crippen molar-refractivity contribution in [3.63, 3.8) is 0 Å². The second kappa shape index (κ2) is 4.15. The normalized spacial score (nSPS) is 10.0. The van der Waals surface area contributed by atoms with E-state index in [4.69, 9.17) is 0 Å². The van der Waals surface area contributed by atoms with Crippen LogP contribution in [-0.2, 0) is 4.84 Å². The molecule has 76 valence electrons. The average Bonchev–Trinajstić information content (AvgIpc) is 2.19. The number of pyridine rings is 1. The van der Waals surface area contributed by atoms with E-state index in [2.05, 4.69) is 9.82 Å². The smallest absolute Gasteiger partial charge is 0.274 e. The molecule has 14 heavy (non-hydrogen) atoms. The molecule has 1 aromatic heterocycles. The Balaban J connectivity index is 3.06. The van der Waals surface area contributed by atoms with Crippen LogP contribution < -0.4 is 0 Å². The summed E-state index contributed by atoms with van der Waals surface area (Å²) in [4.78, 5) is 19.9. The molecule has 4 nitrogen and oxygen atoms in total. The van der Waals surface area contributed by atoms with Gasteiger partial charge in [-0.3, -0.25) is 9.63 Å². The zero-order chi connectivity index (χ0) is 10.7.